The van der Waals surface area contributed by atoms with Crippen molar-refractivity contribution in [1.82, 2.24) is 0 Å². The molecule has 2 rings (SSSR count). The van der Waals surface area contributed by atoms with Gasteiger partial charge in [0.2, 0.25) is 0 Å². The Hall–Kier alpha value is -0.600. The molecule has 1 aliphatic rings. The number of anilines is 1. The van der Waals surface area contributed by atoms with Crippen LogP contribution in [0.25, 0.3) is 0 Å². The molecule has 100 valence electrons. The van der Waals surface area contributed by atoms with Crippen molar-refractivity contribution < 1.29 is 16.8 Å². The molecule has 0 aromatic heterocycles. The van der Waals surface area contributed by atoms with Crippen LogP contribution in [0.5, 0.6) is 0 Å². The molecular formula is C10H12BrNO4S2. The summed E-state index contributed by atoms with van der Waals surface area (Å²) in [5.74, 6) is -0.397. The molecule has 5 nitrogen and oxygen atoms in total. The van der Waals surface area contributed by atoms with Gasteiger partial charge in [-0.3, -0.25) is 0 Å². The van der Waals surface area contributed by atoms with E-state index in [0.717, 1.165) is 0 Å². The first kappa shape index (κ1) is 13.8. The van der Waals surface area contributed by atoms with E-state index < -0.39 is 24.9 Å². The first-order chi connectivity index (χ1) is 8.22. The summed E-state index contributed by atoms with van der Waals surface area (Å²) in [7, 11) is -6.94. The van der Waals surface area contributed by atoms with E-state index in [4.69, 9.17) is 5.73 Å². The highest BCUT2D eigenvalue weighted by Gasteiger charge is 2.38. The van der Waals surface area contributed by atoms with Gasteiger partial charge in [-0.05, 0) is 24.6 Å². The Labute approximate surface area is 114 Å². The van der Waals surface area contributed by atoms with Gasteiger partial charge in [-0.2, -0.15) is 0 Å². The van der Waals surface area contributed by atoms with E-state index >= 15 is 0 Å². The average molecular weight is 354 g/mol. The molecule has 0 saturated carbocycles. The summed E-state index contributed by atoms with van der Waals surface area (Å²) in [4.78, 5) is -0.000949. The van der Waals surface area contributed by atoms with Gasteiger partial charge in [-0.15, -0.1) is 0 Å². The van der Waals surface area contributed by atoms with Crippen LogP contribution >= 0.6 is 15.9 Å². The second-order valence-corrected chi connectivity index (χ2v) is 9.59. The number of hydrogen-bond acceptors (Lipinski definition) is 5. The van der Waals surface area contributed by atoms with Crippen molar-refractivity contribution in [3.63, 3.8) is 0 Å². The first-order valence-corrected chi connectivity index (χ1v) is 9.38. The van der Waals surface area contributed by atoms with Crippen LogP contribution in [-0.2, 0) is 19.7 Å². The monoisotopic (exact) mass is 353 g/mol. The minimum atomic E-state index is -3.70. The molecule has 1 fully saturated rings. The smallest absolute Gasteiger partial charge is 0.184 e. The largest absolute Gasteiger partial charge is 0.398 e. The van der Waals surface area contributed by atoms with Gasteiger partial charge in [0.25, 0.3) is 0 Å². The predicted molar refractivity (Wildman–Crippen MR) is 72.8 cm³/mol. The Balaban J connectivity index is 2.47. The molecule has 1 aromatic carbocycles. The molecule has 0 bridgehead atoms. The van der Waals surface area contributed by atoms with E-state index in [0.29, 0.717) is 4.47 Å². The molecule has 1 aromatic rings. The fraction of sp³-hybridized carbons (Fsp3) is 0.400. The van der Waals surface area contributed by atoms with E-state index in [-0.39, 0.29) is 28.5 Å². The third kappa shape index (κ3) is 2.55. The van der Waals surface area contributed by atoms with Gasteiger partial charge in [0.1, 0.15) is 0 Å². The third-order valence-electron chi connectivity index (χ3n) is 2.91. The van der Waals surface area contributed by atoms with Crippen molar-refractivity contribution >= 4 is 41.3 Å². The van der Waals surface area contributed by atoms with Crippen molar-refractivity contribution in [1.29, 1.82) is 0 Å². The topological polar surface area (TPSA) is 94.3 Å². The van der Waals surface area contributed by atoms with Gasteiger partial charge in [0, 0.05) is 4.47 Å². The summed E-state index contributed by atoms with van der Waals surface area (Å²) in [5, 5.41) is -0.890. The van der Waals surface area contributed by atoms with Gasteiger partial charge in [-0.1, -0.05) is 15.9 Å². The maximum Gasteiger partial charge on any atom is 0.184 e. The van der Waals surface area contributed by atoms with Gasteiger partial charge in [0.05, 0.1) is 27.3 Å². The normalized spacial score (nSPS) is 23.1. The molecule has 1 saturated heterocycles. The zero-order valence-corrected chi connectivity index (χ0v) is 12.6. The Kier molecular flexibility index (Phi) is 3.46. The molecule has 1 aliphatic heterocycles. The highest BCUT2D eigenvalue weighted by molar-refractivity contribution is 9.10. The van der Waals surface area contributed by atoms with Crippen molar-refractivity contribution in [2.45, 2.75) is 16.6 Å². The lowest BCUT2D eigenvalue weighted by atomic mass is 10.3. The number of benzene rings is 1. The van der Waals surface area contributed by atoms with Crippen LogP contribution in [0.3, 0.4) is 0 Å². The van der Waals surface area contributed by atoms with Gasteiger partial charge in [0.15, 0.2) is 19.7 Å². The molecule has 0 aliphatic carbocycles. The molecule has 0 radical (unpaired) electrons. The third-order valence-corrected chi connectivity index (χ3v) is 7.63. The lowest BCUT2D eigenvalue weighted by molar-refractivity contribution is 0.582. The van der Waals surface area contributed by atoms with Gasteiger partial charge < -0.3 is 5.73 Å². The molecule has 1 atom stereocenters. The van der Waals surface area contributed by atoms with Crippen LogP contribution in [0.4, 0.5) is 5.69 Å². The minimum Gasteiger partial charge on any atom is -0.398 e. The van der Waals surface area contributed by atoms with Crippen LogP contribution in [0.2, 0.25) is 0 Å². The number of hydrogen-bond donors (Lipinski definition) is 1. The Morgan fingerprint density at radius 1 is 1.33 bits per heavy atom. The molecule has 0 spiro atoms. The Morgan fingerprint density at radius 3 is 2.56 bits per heavy atom. The zero-order chi connectivity index (χ0) is 13.6. The maximum absolute atomic E-state index is 12.3. The number of halogens is 1. The summed E-state index contributed by atoms with van der Waals surface area (Å²) in [6.45, 7) is 0. The van der Waals surface area contributed by atoms with Crippen LogP contribution < -0.4 is 5.73 Å². The average Bonchev–Trinajstić information content (AvgIpc) is 2.63. The molecular weight excluding hydrogens is 342 g/mol. The van der Waals surface area contributed by atoms with Crippen LogP contribution in [0.15, 0.2) is 27.6 Å². The molecule has 1 heterocycles. The van der Waals surface area contributed by atoms with E-state index in [1.54, 1.807) is 6.07 Å². The summed E-state index contributed by atoms with van der Waals surface area (Å²) in [6.07, 6.45) is 0.136. The Morgan fingerprint density at radius 2 is 2.00 bits per heavy atom. The zero-order valence-electron chi connectivity index (χ0n) is 9.34. The fourth-order valence-corrected chi connectivity index (χ4v) is 6.96. The minimum absolute atomic E-state index is 0.000949. The van der Waals surface area contributed by atoms with Crippen molar-refractivity contribution in [3.05, 3.63) is 22.7 Å². The standard InChI is InChI=1S/C10H12BrNO4S2/c11-7-1-2-9(12)10(5-7)18(15,16)8-3-4-17(13,14)6-8/h1-2,5,8H,3-4,6,12H2. The fourth-order valence-electron chi connectivity index (χ4n) is 1.94. The maximum atomic E-state index is 12.3. The van der Waals surface area contributed by atoms with E-state index in [2.05, 4.69) is 15.9 Å². The second-order valence-electron chi connectivity index (χ2n) is 4.25. The number of sulfone groups is 2. The van der Waals surface area contributed by atoms with Crippen molar-refractivity contribution in [2.75, 3.05) is 17.2 Å². The number of nitrogen functional groups attached to an aromatic ring is 1. The summed E-state index contributed by atoms with van der Waals surface area (Å²) in [5.41, 5.74) is 5.80. The quantitative estimate of drug-likeness (QED) is 0.800. The highest BCUT2D eigenvalue weighted by atomic mass is 79.9. The highest BCUT2D eigenvalue weighted by Crippen LogP contribution is 2.30. The van der Waals surface area contributed by atoms with Gasteiger partial charge >= 0.3 is 0 Å². The molecule has 1 unspecified atom stereocenters. The summed E-state index contributed by atoms with van der Waals surface area (Å²) < 4.78 is 48.0. The lowest BCUT2D eigenvalue weighted by Crippen LogP contribution is -2.23. The number of nitrogens with two attached hydrogens (primary N) is 1. The van der Waals surface area contributed by atoms with Crippen molar-refractivity contribution in [3.8, 4) is 0 Å². The first-order valence-electron chi connectivity index (χ1n) is 5.22. The number of rotatable bonds is 2. The van der Waals surface area contributed by atoms with E-state index in [1.165, 1.54) is 12.1 Å². The molecule has 0 amide bonds. The summed E-state index contributed by atoms with van der Waals surface area (Å²) in [6, 6.07) is 4.54. The summed E-state index contributed by atoms with van der Waals surface area (Å²) >= 11 is 3.18. The molecule has 2 N–H and O–H groups in total. The molecule has 8 heteroatoms. The van der Waals surface area contributed by atoms with Crippen LogP contribution in [-0.4, -0.2) is 33.6 Å². The van der Waals surface area contributed by atoms with E-state index in [9.17, 15) is 16.8 Å². The van der Waals surface area contributed by atoms with Crippen molar-refractivity contribution in [2.24, 2.45) is 0 Å². The predicted octanol–water partition coefficient (Wildman–Crippen LogP) is 0.992. The molecule has 18 heavy (non-hydrogen) atoms. The van der Waals surface area contributed by atoms with E-state index in [1.807, 2.05) is 0 Å². The SMILES string of the molecule is Nc1ccc(Br)cc1S(=O)(=O)C1CCS(=O)(=O)C1. The Bertz CT molecular complexity index is 682. The van der Waals surface area contributed by atoms with Crippen LogP contribution in [0.1, 0.15) is 6.42 Å². The van der Waals surface area contributed by atoms with Crippen LogP contribution in [0, 0.1) is 0 Å². The second kappa shape index (κ2) is 4.50. The van der Waals surface area contributed by atoms with Gasteiger partial charge in [-0.25, -0.2) is 16.8 Å². The lowest BCUT2D eigenvalue weighted by Gasteiger charge is -2.12.